The molecule has 1 aliphatic carbocycles. The van der Waals surface area contributed by atoms with E-state index in [1.54, 1.807) is 7.05 Å². The van der Waals surface area contributed by atoms with Crippen molar-refractivity contribution in [3.63, 3.8) is 0 Å². The van der Waals surface area contributed by atoms with Crippen LogP contribution in [0.3, 0.4) is 0 Å². The smallest absolute Gasteiger partial charge is 0.361 e. The van der Waals surface area contributed by atoms with Gasteiger partial charge >= 0.3 is 5.97 Å². The van der Waals surface area contributed by atoms with E-state index in [2.05, 4.69) is 15.2 Å². The third kappa shape index (κ3) is 3.50. The Balaban J connectivity index is 2.11. The highest BCUT2D eigenvalue weighted by molar-refractivity contribution is 8.04. The monoisotopic (exact) mass is 338 g/mol. The minimum absolute atomic E-state index is 0.0973. The molecule has 2 rings (SSSR count). The third-order valence-corrected chi connectivity index (χ3v) is 4.20. The lowest BCUT2D eigenvalue weighted by molar-refractivity contribution is -0.120. The zero-order chi connectivity index (χ0) is 17.0. The number of thioether (sulfide) groups is 1. The molecule has 1 aromatic heterocycles. The summed E-state index contributed by atoms with van der Waals surface area (Å²) in [4.78, 5) is 47.3. The number of methoxy groups -OCH3 is 1. The Labute approximate surface area is 135 Å². The molecule has 1 heterocycles. The first-order valence-electron chi connectivity index (χ1n) is 6.71. The number of nitrogens with zero attached hydrogens (tertiary/aromatic N) is 1. The maximum Gasteiger partial charge on any atom is 0.361 e. The van der Waals surface area contributed by atoms with Crippen molar-refractivity contribution in [2.45, 2.75) is 12.8 Å². The number of nitrogens with one attached hydrogen (secondary N) is 1. The number of esters is 1. The van der Waals surface area contributed by atoms with E-state index in [4.69, 9.17) is 4.52 Å². The zero-order valence-corrected chi connectivity index (χ0v) is 13.3. The molecule has 1 aliphatic rings. The summed E-state index contributed by atoms with van der Waals surface area (Å²) in [7, 11) is 2.69. The topological polar surface area (TPSA) is 116 Å². The highest BCUT2D eigenvalue weighted by Gasteiger charge is 2.36. The van der Waals surface area contributed by atoms with Crippen LogP contribution in [0.15, 0.2) is 15.5 Å². The lowest BCUT2D eigenvalue weighted by Crippen LogP contribution is -2.18. The molecule has 1 amide bonds. The summed E-state index contributed by atoms with van der Waals surface area (Å²) >= 11 is 1.15. The lowest BCUT2D eigenvalue weighted by atomic mass is 10.00. The average Bonchev–Trinajstić information content (AvgIpc) is 3.00. The molecule has 23 heavy (non-hydrogen) atoms. The van der Waals surface area contributed by atoms with Crippen molar-refractivity contribution < 1.29 is 28.4 Å². The predicted octanol–water partition coefficient (Wildman–Crippen LogP) is 0.984. The highest BCUT2D eigenvalue weighted by atomic mass is 32.2. The predicted molar refractivity (Wildman–Crippen MR) is 80.3 cm³/mol. The quantitative estimate of drug-likeness (QED) is 0.603. The van der Waals surface area contributed by atoms with E-state index in [1.165, 1.54) is 0 Å². The fourth-order valence-electron chi connectivity index (χ4n) is 1.93. The number of ether oxygens (including phenoxy) is 1. The van der Waals surface area contributed by atoms with Crippen LogP contribution >= 0.6 is 11.8 Å². The molecule has 8 nitrogen and oxygen atoms in total. The molecule has 0 aromatic carbocycles. The van der Waals surface area contributed by atoms with Gasteiger partial charge in [-0.05, 0) is 12.2 Å². The van der Waals surface area contributed by atoms with E-state index in [-0.39, 0.29) is 27.8 Å². The SMILES string of the molecule is CNC(=O)CCCSC1=CC(=O)c2onc(C(=O)OC)c2C1=O. The summed E-state index contributed by atoms with van der Waals surface area (Å²) in [5, 5.41) is 5.95. The van der Waals surface area contributed by atoms with Crippen molar-refractivity contribution in [2.75, 3.05) is 19.9 Å². The van der Waals surface area contributed by atoms with Gasteiger partial charge in [0.1, 0.15) is 5.56 Å². The second-order valence-electron chi connectivity index (χ2n) is 4.55. The van der Waals surface area contributed by atoms with E-state index in [0.29, 0.717) is 18.6 Å². The Hall–Kier alpha value is -2.42. The van der Waals surface area contributed by atoms with Gasteiger partial charge in [0.15, 0.2) is 0 Å². The molecule has 0 aliphatic heterocycles. The summed E-state index contributed by atoms with van der Waals surface area (Å²) < 4.78 is 9.31. The molecule has 0 saturated heterocycles. The van der Waals surface area contributed by atoms with Crippen molar-refractivity contribution in [3.05, 3.63) is 28.0 Å². The Kier molecular flexibility index (Phi) is 5.32. The maximum atomic E-state index is 12.4. The molecule has 0 bridgehead atoms. The number of allylic oxidation sites excluding steroid dienone is 2. The van der Waals surface area contributed by atoms with E-state index in [0.717, 1.165) is 24.9 Å². The molecule has 0 spiro atoms. The summed E-state index contributed by atoms with van der Waals surface area (Å²) in [5.41, 5.74) is -0.476. The first kappa shape index (κ1) is 16.9. The lowest BCUT2D eigenvalue weighted by Gasteiger charge is -2.10. The molecule has 0 unspecified atom stereocenters. The second kappa shape index (κ2) is 7.23. The van der Waals surface area contributed by atoms with Crippen molar-refractivity contribution in [2.24, 2.45) is 0 Å². The van der Waals surface area contributed by atoms with Crippen LogP contribution < -0.4 is 5.32 Å². The van der Waals surface area contributed by atoms with Gasteiger partial charge in [-0.25, -0.2) is 4.79 Å². The Morgan fingerprint density at radius 1 is 1.39 bits per heavy atom. The van der Waals surface area contributed by atoms with Crippen LogP contribution in [0, 0.1) is 0 Å². The molecule has 0 radical (unpaired) electrons. The number of rotatable bonds is 6. The molecule has 0 saturated carbocycles. The number of ketones is 2. The van der Waals surface area contributed by atoms with Crippen LogP contribution in [-0.2, 0) is 9.53 Å². The number of amides is 1. The number of carbonyl (C=O) groups is 4. The van der Waals surface area contributed by atoms with E-state index < -0.39 is 17.5 Å². The van der Waals surface area contributed by atoms with Crippen LogP contribution in [0.2, 0.25) is 0 Å². The van der Waals surface area contributed by atoms with Crippen LogP contribution in [0.5, 0.6) is 0 Å². The van der Waals surface area contributed by atoms with Gasteiger partial charge in [-0.2, -0.15) is 0 Å². The van der Waals surface area contributed by atoms with E-state index >= 15 is 0 Å². The van der Waals surface area contributed by atoms with E-state index in [9.17, 15) is 19.2 Å². The van der Waals surface area contributed by atoms with Gasteiger partial charge in [0.2, 0.25) is 28.9 Å². The van der Waals surface area contributed by atoms with Gasteiger partial charge in [-0.1, -0.05) is 5.16 Å². The van der Waals surface area contributed by atoms with Crippen LogP contribution in [0.1, 0.15) is 44.2 Å². The largest absolute Gasteiger partial charge is 0.464 e. The number of fused-ring (bicyclic) bond motifs is 1. The minimum atomic E-state index is -0.845. The van der Waals surface area contributed by atoms with Crippen molar-refractivity contribution in [1.82, 2.24) is 10.5 Å². The molecular weight excluding hydrogens is 324 g/mol. The summed E-state index contributed by atoms with van der Waals surface area (Å²) in [6.07, 6.45) is 2.02. The summed E-state index contributed by atoms with van der Waals surface area (Å²) in [6.45, 7) is 0. The molecule has 1 aromatic rings. The molecule has 1 N–H and O–H groups in total. The third-order valence-electron chi connectivity index (χ3n) is 3.09. The second-order valence-corrected chi connectivity index (χ2v) is 5.69. The number of aromatic nitrogens is 1. The molecule has 0 fully saturated rings. The van der Waals surface area contributed by atoms with Gasteiger partial charge in [0, 0.05) is 19.5 Å². The van der Waals surface area contributed by atoms with E-state index in [1.807, 2.05) is 0 Å². The first-order chi connectivity index (χ1) is 11.0. The van der Waals surface area contributed by atoms with Crippen molar-refractivity contribution in [1.29, 1.82) is 0 Å². The average molecular weight is 338 g/mol. The number of hydrogen-bond acceptors (Lipinski definition) is 8. The molecule has 9 heteroatoms. The Morgan fingerprint density at radius 3 is 2.78 bits per heavy atom. The number of Topliss-reactive ketones (excluding diaryl/α,β-unsaturated/α-hetero) is 1. The zero-order valence-electron chi connectivity index (χ0n) is 12.5. The van der Waals surface area contributed by atoms with Gasteiger partial charge in [-0.15, -0.1) is 11.8 Å². The van der Waals surface area contributed by atoms with Gasteiger partial charge in [0.25, 0.3) is 0 Å². The minimum Gasteiger partial charge on any atom is -0.464 e. The van der Waals surface area contributed by atoms with Gasteiger partial charge < -0.3 is 14.6 Å². The standard InChI is InChI=1S/C14H14N2O6S/c1-15-9(18)4-3-5-23-8-6-7(17)13-10(12(8)19)11(16-22-13)14(20)21-2/h6H,3-5H2,1-2H3,(H,15,18). The molecule has 0 atom stereocenters. The van der Waals surface area contributed by atoms with Crippen molar-refractivity contribution in [3.8, 4) is 0 Å². The fraction of sp³-hybridized carbons (Fsp3) is 0.357. The Bertz CT molecular complexity index is 706. The summed E-state index contributed by atoms with van der Waals surface area (Å²) in [5.74, 6) is -1.76. The summed E-state index contributed by atoms with van der Waals surface area (Å²) in [6, 6.07) is 0. The van der Waals surface area contributed by atoms with Crippen LogP contribution in [-0.4, -0.2) is 48.5 Å². The first-order valence-corrected chi connectivity index (χ1v) is 7.70. The molecule has 122 valence electrons. The van der Waals surface area contributed by atoms with Crippen LogP contribution in [0.25, 0.3) is 0 Å². The molecular formula is C14H14N2O6S. The maximum absolute atomic E-state index is 12.4. The Morgan fingerprint density at radius 2 is 2.13 bits per heavy atom. The van der Waals surface area contributed by atoms with Gasteiger partial charge in [-0.3, -0.25) is 14.4 Å². The normalized spacial score (nSPS) is 13.4. The van der Waals surface area contributed by atoms with Crippen LogP contribution in [0.4, 0.5) is 0 Å². The number of carbonyl (C=O) groups excluding carboxylic acids is 4. The van der Waals surface area contributed by atoms with Gasteiger partial charge in [0.05, 0.1) is 12.0 Å². The van der Waals surface area contributed by atoms with Crippen molar-refractivity contribution >= 4 is 35.2 Å². The fourth-order valence-corrected chi connectivity index (χ4v) is 2.86. The highest BCUT2D eigenvalue weighted by Crippen LogP contribution is 2.31. The number of hydrogen-bond donors (Lipinski definition) is 1.